The van der Waals surface area contributed by atoms with E-state index in [1.807, 2.05) is 30.5 Å². The Hall–Kier alpha value is -1.69. The molecule has 3 amide bonds. The molecular weight excluding hydrogens is 298 g/mol. The highest BCUT2D eigenvalue weighted by molar-refractivity contribution is 7.99. The molecule has 22 heavy (non-hydrogen) atoms. The third kappa shape index (κ3) is 4.66. The van der Waals surface area contributed by atoms with Crippen molar-refractivity contribution < 1.29 is 9.59 Å². The number of carbonyl (C=O) groups is 2. The SMILES string of the molecule is CCC(C)NC(=O)Nc1cccc(C(=O)N2CCSCC2)c1. The monoisotopic (exact) mass is 321 g/mol. The molecule has 1 heterocycles. The van der Waals surface area contributed by atoms with Crippen LogP contribution in [0.3, 0.4) is 0 Å². The number of urea groups is 1. The van der Waals surface area contributed by atoms with E-state index >= 15 is 0 Å². The number of rotatable bonds is 4. The molecule has 0 bridgehead atoms. The Bertz CT molecular complexity index is 530. The first-order valence-corrected chi connectivity index (χ1v) is 8.80. The van der Waals surface area contributed by atoms with Crippen molar-refractivity contribution in [2.24, 2.45) is 0 Å². The van der Waals surface area contributed by atoms with Gasteiger partial charge in [-0.15, -0.1) is 0 Å². The number of hydrogen-bond donors (Lipinski definition) is 2. The highest BCUT2D eigenvalue weighted by Crippen LogP contribution is 2.16. The van der Waals surface area contributed by atoms with Gasteiger partial charge in [-0.05, 0) is 31.5 Å². The van der Waals surface area contributed by atoms with Crippen molar-refractivity contribution in [2.75, 3.05) is 29.9 Å². The zero-order valence-corrected chi connectivity index (χ0v) is 13.9. The lowest BCUT2D eigenvalue weighted by atomic mass is 10.1. The molecule has 0 aliphatic carbocycles. The summed E-state index contributed by atoms with van der Waals surface area (Å²) in [6.45, 7) is 5.54. The average Bonchev–Trinajstić information content (AvgIpc) is 2.55. The Kier molecular flexibility index (Phi) is 6.12. The summed E-state index contributed by atoms with van der Waals surface area (Å²) < 4.78 is 0. The highest BCUT2D eigenvalue weighted by atomic mass is 32.2. The predicted octanol–water partition coefficient (Wildman–Crippen LogP) is 2.80. The number of nitrogens with zero attached hydrogens (tertiary/aromatic N) is 1. The van der Waals surface area contributed by atoms with E-state index in [0.29, 0.717) is 11.3 Å². The minimum absolute atomic E-state index is 0.0336. The summed E-state index contributed by atoms with van der Waals surface area (Å²) in [6.07, 6.45) is 0.874. The van der Waals surface area contributed by atoms with Gasteiger partial charge in [0.15, 0.2) is 0 Å². The Morgan fingerprint density at radius 3 is 2.73 bits per heavy atom. The van der Waals surface area contributed by atoms with Gasteiger partial charge >= 0.3 is 6.03 Å². The topological polar surface area (TPSA) is 61.4 Å². The number of hydrogen-bond acceptors (Lipinski definition) is 3. The summed E-state index contributed by atoms with van der Waals surface area (Å²) in [4.78, 5) is 26.2. The Balaban J connectivity index is 2.00. The third-order valence-corrected chi connectivity index (χ3v) is 4.60. The molecule has 0 aromatic heterocycles. The standard InChI is InChI=1S/C16H23N3O2S/c1-3-12(2)17-16(21)18-14-6-4-5-13(11-14)15(20)19-7-9-22-10-8-19/h4-6,11-12H,3,7-10H2,1-2H3,(H2,17,18,21). The molecule has 5 nitrogen and oxygen atoms in total. The lowest BCUT2D eigenvalue weighted by molar-refractivity contribution is 0.0772. The van der Waals surface area contributed by atoms with E-state index in [-0.39, 0.29) is 18.0 Å². The van der Waals surface area contributed by atoms with Gasteiger partial charge < -0.3 is 15.5 Å². The first-order valence-electron chi connectivity index (χ1n) is 7.64. The van der Waals surface area contributed by atoms with Gasteiger partial charge in [-0.3, -0.25) is 4.79 Å². The lowest BCUT2D eigenvalue weighted by Gasteiger charge is -2.26. The molecule has 0 radical (unpaired) electrons. The Morgan fingerprint density at radius 2 is 2.05 bits per heavy atom. The van der Waals surface area contributed by atoms with Crippen molar-refractivity contribution in [3.05, 3.63) is 29.8 Å². The third-order valence-electron chi connectivity index (χ3n) is 3.66. The maximum atomic E-state index is 12.5. The second kappa shape index (κ2) is 8.08. The van der Waals surface area contributed by atoms with E-state index < -0.39 is 0 Å². The fourth-order valence-corrected chi connectivity index (χ4v) is 3.08. The molecule has 1 atom stereocenters. The number of benzene rings is 1. The summed E-state index contributed by atoms with van der Waals surface area (Å²) >= 11 is 1.87. The molecular formula is C16H23N3O2S. The van der Waals surface area contributed by atoms with E-state index in [4.69, 9.17) is 0 Å². The van der Waals surface area contributed by atoms with Crippen LogP contribution < -0.4 is 10.6 Å². The number of thioether (sulfide) groups is 1. The van der Waals surface area contributed by atoms with Gasteiger partial charge in [0.25, 0.3) is 5.91 Å². The summed E-state index contributed by atoms with van der Waals surface area (Å²) in [5.41, 5.74) is 1.26. The molecule has 1 saturated heterocycles. The summed E-state index contributed by atoms with van der Waals surface area (Å²) in [5, 5.41) is 5.62. The van der Waals surface area contributed by atoms with Gasteiger partial charge in [0.05, 0.1) is 0 Å². The summed E-state index contributed by atoms with van der Waals surface area (Å²) in [7, 11) is 0. The highest BCUT2D eigenvalue weighted by Gasteiger charge is 2.18. The number of carbonyl (C=O) groups excluding carboxylic acids is 2. The first kappa shape index (κ1) is 16.7. The van der Waals surface area contributed by atoms with Crippen LogP contribution in [0.5, 0.6) is 0 Å². The zero-order chi connectivity index (χ0) is 15.9. The fourth-order valence-electron chi connectivity index (χ4n) is 2.17. The molecule has 1 aliphatic rings. The molecule has 0 saturated carbocycles. The number of anilines is 1. The molecule has 2 N–H and O–H groups in total. The van der Waals surface area contributed by atoms with Gasteiger partial charge in [-0.25, -0.2) is 4.79 Å². The van der Waals surface area contributed by atoms with Crippen molar-refractivity contribution in [2.45, 2.75) is 26.3 Å². The normalized spacial score (nSPS) is 16.0. The van der Waals surface area contributed by atoms with Crippen molar-refractivity contribution in [1.82, 2.24) is 10.2 Å². The maximum absolute atomic E-state index is 12.5. The summed E-state index contributed by atoms with van der Waals surface area (Å²) in [6, 6.07) is 7.00. The molecule has 1 aliphatic heterocycles. The van der Waals surface area contributed by atoms with Crippen LogP contribution in [0.2, 0.25) is 0 Å². The molecule has 1 aromatic rings. The quantitative estimate of drug-likeness (QED) is 0.896. The van der Waals surface area contributed by atoms with E-state index in [2.05, 4.69) is 10.6 Å². The van der Waals surface area contributed by atoms with Crippen LogP contribution >= 0.6 is 11.8 Å². The smallest absolute Gasteiger partial charge is 0.319 e. The number of amides is 3. The van der Waals surface area contributed by atoms with Gasteiger partial charge in [0.1, 0.15) is 0 Å². The van der Waals surface area contributed by atoms with Crippen LogP contribution in [-0.4, -0.2) is 47.5 Å². The van der Waals surface area contributed by atoms with E-state index in [1.54, 1.807) is 24.3 Å². The fraction of sp³-hybridized carbons (Fsp3) is 0.500. The molecule has 6 heteroatoms. The van der Waals surface area contributed by atoms with Gasteiger partial charge in [0.2, 0.25) is 0 Å². The van der Waals surface area contributed by atoms with Crippen LogP contribution in [0.1, 0.15) is 30.6 Å². The minimum atomic E-state index is -0.242. The van der Waals surface area contributed by atoms with Crippen molar-refractivity contribution in [3.8, 4) is 0 Å². The molecule has 1 fully saturated rings. The molecule has 120 valence electrons. The van der Waals surface area contributed by atoms with Crippen LogP contribution in [0, 0.1) is 0 Å². The molecule has 1 unspecified atom stereocenters. The lowest BCUT2D eigenvalue weighted by Crippen LogP contribution is -2.38. The molecule has 0 spiro atoms. The van der Waals surface area contributed by atoms with Gasteiger partial charge in [-0.2, -0.15) is 11.8 Å². The second-order valence-corrected chi connectivity index (χ2v) is 6.62. The van der Waals surface area contributed by atoms with E-state index in [1.165, 1.54) is 0 Å². The van der Waals surface area contributed by atoms with Crippen LogP contribution in [0.25, 0.3) is 0 Å². The van der Waals surface area contributed by atoms with Crippen molar-refractivity contribution >= 4 is 29.4 Å². The van der Waals surface area contributed by atoms with Crippen molar-refractivity contribution in [3.63, 3.8) is 0 Å². The molecule has 1 aromatic carbocycles. The minimum Gasteiger partial charge on any atom is -0.337 e. The van der Waals surface area contributed by atoms with Crippen LogP contribution in [0.15, 0.2) is 24.3 Å². The Morgan fingerprint density at radius 1 is 1.32 bits per heavy atom. The van der Waals surface area contributed by atoms with Crippen LogP contribution in [-0.2, 0) is 0 Å². The second-order valence-electron chi connectivity index (χ2n) is 5.39. The maximum Gasteiger partial charge on any atom is 0.319 e. The molecule has 2 rings (SSSR count). The van der Waals surface area contributed by atoms with E-state index in [9.17, 15) is 9.59 Å². The Labute approximate surface area is 135 Å². The van der Waals surface area contributed by atoms with Gasteiger partial charge in [-0.1, -0.05) is 13.0 Å². The number of nitrogens with one attached hydrogen (secondary N) is 2. The van der Waals surface area contributed by atoms with Gasteiger partial charge in [0, 0.05) is 41.9 Å². The predicted molar refractivity (Wildman–Crippen MR) is 91.6 cm³/mol. The summed E-state index contributed by atoms with van der Waals surface area (Å²) in [5.74, 6) is 2.01. The van der Waals surface area contributed by atoms with E-state index in [0.717, 1.165) is 31.0 Å². The first-order chi connectivity index (χ1) is 10.6. The zero-order valence-electron chi connectivity index (χ0n) is 13.1. The van der Waals surface area contributed by atoms with Crippen LogP contribution in [0.4, 0.5) is 10.5 Å². The van der Waals surface area contributed by atoms with Crippen molar-refractivity contribution in [1.29, 1.82) is 0 Å². The average molecular weight is 321 g/mol. The largest absolute Gasteiger partial charge is 0.337 e.